The third kappa shape index (κ3) is 6.08. The summed E-state index contributed by atoms with van der Waals surface area (Å²) in [6, 6.07) is 14.7. The standard InChI is InChI=1S/C22H24Cl2N2O3S/c23-20-8-4-7-18(21(20)24)9-13-25-22(27)19-10-14-26(15-11-19)30(28,29)16-12-17-5-2-1-3-6-17/h1-8,12,16,19H,9-11,13-15H2,(H,25,27). The molecule has 8 heteroatoms. The molecule has 1 heterocycles. The Kier molecular flexibility index (Phi) is 7.94. The zero-order valence-corrected chi connectivity index (χ0v) is 18.8. The van der Waals surface area contributed by atoms with E-state index in [1.807, 2.05) is 42.5 Å². The van der Waals surface area contributed by atoms with Crippen molar-refractivity contribution in [3.63, 3.8) is 0 Å². The molecule has 1 fully saturated rings. The molecule has 2 aromatic rings. The molecule has 1 aliphatic rings. The Balaban J connectivity index is 1.47. The zero-order chi connectivity index (χ0) is 21.6. The van der Waals surface area contributed by atoms with E-state index in [1.54, 1.807) is 12.1 Å². The van der Waals surface area contributed by atoms with Gasteiger partial charge in [-0.2, -0.15) is 4.31 Å². The van der Waals surface area contributed by atoms with Crippen LogP contribution in [-0.4, -0.2) is 38.3 Å². The number of hydrogen-bond donors (Lipinski definition) is 1. The van der Waals surface area contributed by atoms with Crippen LogP contribution in [0.25, 0.3) is 6.08 Å². The van der Waals surface area contributed by atoms with E-state index >= 15 is 0 Å². The van der Waals surface area contributed by atoms with Crippen LogP contribution >= 0.6 is 23.2 Å². The Morgan fingerprint density at radius 3 is 2.47 bits per heavy atom. The number of rotatable bonds is 7. The maximum atomic E-state index is 12.5. The van der Waals surface area contributed by atoms with Crippen molar-refractivity contribution in [2.75, 3.05) is 19.6 Å². The summed E-state index contributed by atoms with van der Waals surface area (Å²) in [5.74, 6) is -0.241. The maximum Gasteiger partial charge on any atom is 0.236 e. The van der Waals surface area contributed by atoms with Gasteiger partial charge in [-0.25, -0.2) is 8.42 Å². The summed E-state index contributed by atoms with van der Waals surface area (Å²) >= 11 is 12.2. The largest absolute Gasteiger partial charge is 0.356 e. The molecule has 0 aliphatic carbocycles. The van der Waals surface area contributed by atoms with Gasteiger partial charge >= 0.3 is 0 Å². The van der Waals surface area contributed by atoms with Crippen LogP contribution in [-0.2, 0) is 21.2 Å². The average molecular weight is 467 g/mol. The predicted octanol–water partition coefficient (Wildman–Crippen LogP) is 4.36. The van der Waals surface area contributed by atoms with Crippen molar-refractivity contribution in [2.24, 2.45) is 5.92 Å². The Hall–Kier alpha value is -1.86. The Morgan fingerprint density at radius 1 is 1.07 bits per heavy atom. The molecular weight excluding hydrogens is 443 g/mol. The highest BCUT2D eigenvalue weighted by Crippen LogP contribution is 2.26. The molecule has 0 unspecified atom stereocenters. The summed E-state index contributed by atoms with van der Waals surface area (Å²) in [5.41, 5.74) is 1.71. The number of benzene rings is 2. The molecule has 1 N–H and O–H groups in total. The molecule has 0 bridgehead atoms. The van der Waals surface area contributed by atoms with Crippen molar-refractivity contribution >= 4 is 45.2 Å². The number of sulfonamides is 1. The van der Waals surface area contributed by atoms with Gasteiger partial charge in [-0.15, -0.1) is 0 Å². The molecule has 0 atom stereocenters. The quantitative estimate of drug-likeness (QED) is 0.658. The van der Waals surface area contributed by atoms with Crippen molar-refractivity contribution in [3.05, 3.63) is 75.1 Å². The van der Waals surface area contributed by atoms with Gasteiger partial charge in [-0.3, -0.25) is 4.79 Å². The lowest BCUT2D eigenvalue weighted by molar-refractivity contribution is -0.126. The molecule has 1 aliphatic heterocycles. The summed E-state index contributed by atoms with van der Waals surface area (Å²) < 4.78 is 26.5. The third-order valence-electron chi connectivity index (χ3n) is 5.14. The summed E-state index contributed by atoms with van der Waals surface area (Å²) in [7, 11) is -3.50. The Labute approximate surface area is 187 Å². The Morgan fingerprint density at radius 2 is 1.77 bits per heavy atom. The van der Waals surface area contributed by atoms with Gasteiger partial charge in [0, 0.05) is 31.0 Å². The first-order valence-corrected chi connectivity index (χ1v) is 12.1. The van der Waals surface area contributed by atoms with Crippen molar-refractivity contribution < 1.29 is 13.2 Å². The average Bonchev–Trinajstić information content (AvgIpc) is 2.76. The molecule has 0 saturated carbocycles. The molecule has 1 saturated heterocycles. The monoisotopic (exact) mass is 466 g/mol. The number of carbonyl (C=O) groups is 1. The summed E-state index contributed by atoms with van der Waals surface area (Å²) in [4.78, 5) is 12.5. The van der Waals surface area contributed by atoms with Crippen LogP contribution in [0, 0.1) is 5.92 Å². The van der Waals surface area contributed by atoms with E-state index in [1.165, 1.54) is 9.71 Å². The highest BCUT2D eigenvalue weighted by atomic mass is 35.5. The fourth-order valence-corrected chi connectivity index (χ4v) is 5.03. The molecular formula is C22H24Cl2N2O3S. The van der Waals surface area contributed by atoms with Crippen LogP contribution in [0.2, 0.25) is 10.0 Å². The fourth-order valence-electron chi connectivity index (χ4n) is 3.39. The number of nitrogens with zero attached hydrogens (tertiary/aromatic N) is 1. The molecule has 1 amide bonds. The minimum absolute atomic E-state index is 0.0509. The van der Waals surface area contributed by atoms with Crippen LogP contribution in [0.15, 0.2) is 53.9 Å². The normalized spacial score (nSPS) is 16.1. The number of nitrogens with one attached hydrogen (secondary N) is 1. The lowest BCUT2D eigenvalue weighted by Gasteiger charge is -2.29. The van der Waals surface area contributed by atoms with Crippen LogP contribution in [0.3, 0.4) is 0 Å². The van der Waals surface area contributed by atoms with Crippen LogP contribution in [0.5, 0.6) is 0 Å². The first-order chi connectivity index (χ1) is 14.4. The number of halogens is 2. The maximum absolute atomic E-state index is 12.5. The zero-order valence-electron chi connectivity index (χ0n) is 16.4. The van der Waals surface area contributed by atoms with Gasteiger partial charge < -0.3 is 5.32 Å². The number of piperidine rings is 1. The SMILES string of the molecule is O=C(NCCc1cccc(Cl)c1Cl)C1CCN(S(=O)(=O)C=Cc2ccccc2)CC1. The van der Waals surface area contributed by atoms with Gasteiger partial charge in [-0.05, 0) is 42.5 Å². The van der Waals surface area contributed by atoms with Gasteiger partial charge in [0.25, 0.3) is 0 Å². The van der Waals surface area contributed by atoms with Gasteiger partial charge in [0.15, 0.2) is 0 Å². The second-order valence-electron chi connectivity index (χ2n) is 7.19. The van der Waals surface area contributed by atoms with Crippen LogP contribution in [0.4, 0.5) is 0 Å². The molecule has 2 aromatic carbocycles. The van der Waals surface area contributed by atoms with Crippen LogP contribution in [0.1, 0.15) is 24.0 Å². The van der Waals surface area contributed by atoms with E-state index in [-0.39, 0.29) is 11.8 Å². The van der Waals surface area contributed by atoms with E-state index in [0.29, 0.717) is 48.9 Å². The molecule has 30 heavy (non-hydrogen) atoms. The van der Waals surface area contributed by atoms with Crippen molar-refractivity contribution in [2.45, 2.75) is 19.3 Å². The topological polar surface area (TPSA) is 66.5 Å². The number of hydrogen-bond acceptors (Lipinski definition) is 3. The summed E-state index contributed by atoms with van der Waals surface area (Å²) in [6.45, 7) is 1.12. The highest BCUT2D eigenvalue weighted by Gasteiger charge is 2.29. The number of carbonyl (C=O) groups excluding carboxylic acids is 1. The summed E-state index contributed by atoms with van der Waals surface area (Å²) in [5, 5.41) is 5.16. The minimum atomic E-state index is -3.50. The van der Waals surface area contributed by atoms with E-state index in [2.05, 4.69) is 5.32 Å². The van der Waals surface area contributed by atoms with Crippen molar-refractivity contribution in [1.82, 2.24) is 9.62 Å². The van der Waals surface area contributed by atoms with E-state index in [9.17, 15) is 13.2 Å². The molecule has 0 radical (unpaired) electrons. The third-order valence-corrected chi connectivity index (χ3v) is 7.56. The minimum Gasteiger partial charge on any atom is -0.356 e. The lowest BCUT2D eigenvalue weighted by atomic mass is 9.97. The van der Waals surface area contributed by atoms with Crippen LogP contribution < -0.4 is 5.32 Å². The van der Waals surface area contributed by atoms with Gasteiger partial charge in [0.1, 0.15) is 0 Å². The smallest absolute Gasteiger partial charge is 0.236 e. The first kappa shape index (κ1) is 22.8. The molecule has 0 aromatic heterocycles. The fraction of sp³-hybridized carbons (Fsp3) is 0.318. The van der Waals surface area contributed by atoms with E-state index < -0.39 is 10.0 Å². The second-order valence-corrected chi connectivity index (χ2v) is 9.79. The van der Waals surface area contributed by atoms with E-state index in [0.717, 1.165) is 11.1 Å². The Bertz CT molecular complexity index is 1000. The molecule has 5 nitrogen and oxygen atoms in total. The molecule has 0 spiro atoms. The van der Waals surface area contributed by atoms with Gasteiger partial charge in [0.05, 0.1) is 10.0 Å². The van der Waals surface area contributed by atoms with Crippen molar-refractivity contribution in [1.29, 1.82) is 0 Å². The first-order valence-electron chi connectivity index (χ1n) is 9.81. The highest BCUT2D eigenvalue weighted by molar-refractivity contribution is 7.92. The predicted molar refractivity (Wildman–Crippen MR) is 122 cm³/mol. The molecule has 160 valence electrons. The second kappa shape index (κ2) is 10.4. The molecule has 3 rings (SSSR count). The lowest BCUT2D eigenvalue weighted by Crippen LogP contribution is -2.42. The summed E-state index contributed by atoms with van der Waals surface area (Å²) in [6.07, 6.45) is 3.18. The van der Waals surface area contributed by atoms with E-state index in [4.69, 9.17) is 23.2 Å². The number of amides is 1. The van der Waals surface area contributed by atoms with Gasteiger partial charge in [-0.1, -0.05) is 65.7 Å². The van der Waals surface area contributed by atoms with Gasteiger partial charge in [0.2, 0.25) is 15.9 Å². The van der Waals surface area contributed by atoms with Crippen molar-refractivity contribution in [3.8, 4) is 0 Å².